The van der Waals surface area contributed by atoms with E-state index < -0.39 is 11.7 Å². The second kappa shape index (κ2) is 4.85. The average Bonchev–Trinajstić information content (AvgIpc) is 2.44. The van der Waals surface area contributed by atoms with Crippen molar-refractivity contribution in [3.05, 3.63) is 0 Å². The van der Waals surface area contributed by atoms with Crippen LogP contribution in [0.4, 0.5) is 4.79 Å². The summed E-state index contributed by atoms with van der Waals surface area (Å²) < 4.78 is 5.18. The molecule has 0 radical (unpaired) electrons. The fourth-order valence-corrected chi connectivity index (χ4v) is 1.88. The Hall–Kier alpha value is -1.06. The molecule has 0 saturated carbocycles. The molecule has 0 bridgehead atoms. The van der Waals surface area contributed by atoms with E-state index in [0.717, 1.165) is 12.8 Å². The van der Waals surface area contributed by atoms with Crippen molar-refractivity contribution in [1.29, 1.82) is 0 Å². The van der Waals surface area contributed by atoms with E-state index in [1.807, 2.05) is 0 Å². The second-order valence-electron chi connectivity index (χ2n) is 5.34. The van der Waals surface area contributed by atoms with Gasteiger partial charge in [0, 0.05) is 13.0 Å². The maximum atomic E-state index is 11.7. The first-order valence-corrected chi connectivity index (χ1v) is 5.87. The monoisotopic (exact) mass is 227 g/mol. The lowest BCUT2D eigenvalue weighted by Gasteiger charge is -2.23. The average molecular weight is 227 g/mol. The quantitative estimate of drug-likeness (QED) is 0.728. The minimum absolute atomic E-state index is 0.104. The Bertz CT molecular complexity index is 280. The summed E-state index contributed by atoms with van der Waals surface area (Å²) in [5.41, 5.74) is -0.541. The third-order valence-electron chi connectivity index (χ3n) is 2.52. The van der Waals surface area contributed by atoms with Crippen LogP contribution < -0.4 is 0 Å². The predicted molar refractivity (Wildman–Crippen MR) is 61.0 cm³/mol. The van der Waals surface area contributed by atoms with Gasteiger partial charge in [-0.1, -0.05) is 13.3 Å². The fourth-order valence-electron chi connectivity index (χ4n) is 1.88. The number of imide groups is 1. The zero-order valence-electron chi connectivity index (χ0n) is 10.6. The summed E-state index contributed by atoms with van der Waals surface area (Å²) in [5.74, 6) is 0.206. The molecule has 4 nitrogen and oxygen atoms in total. The molecule has 1 rings (SSSR count). The molecule has 1 aliphatic rings. The number of amides is 2. The molecule has 1 aliphatic heterocycles. The van der Waals surface area contributed by atoms with E-state index in [1.54, 1.807) is 20.8 Å². The Morgan fingerprint density at radius 1 is 1.50 bits per heavy atom. The smallest absolute Gasteiger partial charge is 0.417 e. The lowest BCUT2D eigenvalue weighted by molar-refractivity contribution is -0.127. The highest BCUT2D eigenvalue weighted by molar-refractivity contribution is 5.93. The van der Waals surface area contributed by atoms with Crippen LogP contribution in [-0.2, 0) is 9.53 Å². The molecule has 0 N–H and O–H groups in total. The third-order valence-corrected chi connectivity index (χ3v) is 2.52. The number of carbonyl (C=O) groups excluding carboxylic acids is 2. The summed E-state index contributed by atoms with van der Waals surface area (Å²) in [6.07, 6.45) is 2.01. The van der Waals surface area contributed by atoms with Crippen molar-refractivity contribution in [3.8, 4) is 0 Å². The summed E-state index contributed by atoms with van der Waals surface area (Å²) in [4.78, 5) is 24.6. The molecular formula is C12H21NO3. The largest absolute Gasteiger partial charge is 0.443 e. The van der Waals surface area contributed by atoms with Gasteiger partial charge >= 0.3 is 6.09 Å². The van der Waals surface area contributed by atoms with E-state index in [-0.39, 0.29) is 5.91 Å². The summed E-state index contributed by atoms with van der Waals surface area (Å²) in [6.45, 7) is 8.00. The van der Waals surface area contributed by atoms with Gasteiger partial charge in [0.1, 0.15) is 5.60 Å². The predicted octanol–water partition coefficient (Wildman–Crippen LogP) is 2.57. The van der Waals surface area contributed by atoms with Crippen molar-refractivity contribution >= 4 is 12.0 Å². The van der Waals surface area contributed by atoms with Crippen molar-refractivity contribution in [3.63, 3.8) is 0 Å². The van der Waals surface area contributed by atoms with E-state index in [9.17, 15) is 9.59 Å². The molecule has 0 aliphatic carbocycles. The van der Waals surface area contributed by atoms with Gasteiger partial charge in [0.05, 0.1) is 0 Å². The summed E-state index contributed by atoms with van der Waals surface area (Å²) in [6, 6.07) is 0. The van der Waals surface area contributed by atoms with Crippen LogP contribution in [0.3, 0.4) is 0 Å². The minimum atomic E-state index is -0.541. The first kappa shape index (κ1) is 13.0. The maximum Gasteiger partial charge on any atom is 0.417 e. The molecule has 4 heteroatoms. The van der Waals surface area contributed by atoms with Crippen LogP contribution in [0.2, 0.25) is 0 Å². The lowest BCUT2D eigenvalue weighted by Crippen LogP contribution is -2.37. The topological polar surface area (TPSA) is 46.6 Å². The Morgan fingerprint density at radius 3 is 2.62 bits per heavy atom. The molecule has 1 unspecified atom stereocenters. The van der Waals surface area contributed by atoms with Crippen LogP contribution in [0.15, 0.2) is 0 Å². The number of hydrogen-bond donors (Lipinski definition) is 0. The summed E-state index contributed by atoms with van der Waals surface area (Å²) >= 11 is 0. The van der Waals surface area contributed by atoms with E-state index in [4.69, 9.17) is 4.74 Å². The summed E-state index contributed by atoms with van der Waals surface area (Å²) in [7, 11) is 0. The number of carbonyl (C=O) groups is 2. The van der Waals surface area contributed by atoms with Gasteiger partial charge in [0.25, 0.3) is 0 Å². The number of rotatable bonds is 2. The van der Waals surface area contributed by atoms with Crippen molar-refractivity contribution in [2.45, 2.75) is 52.6 Å². The molecule has 16 heavy (non-hydrogen) atoms. The van der Waals surface area contributed by atoms with Gasteiger partial charge < -0.3 is 4.74 Å². The van der Waals surface area contributed by atoms with Gasteiger partial charge in [0.2, 0.25) is 5.91 Å². The van der Waals surface area contributed by atoms with Crippen LogP contribution in [-0.4, -0.2) is 29.0 Å². The summed E-state index contributed by atoms with van der Waals surface area (Å²) in [5, 5.41) is 0. The normalized spacial score (nSPS) is 21.4. The van der Waals surface area contributed by atoms with Crippen molar-refractivity contribution in [2.24, 2.45) is 5.92 Å². The van der Waals surface area contributed by atoms with E-state index in [1.165, 1.54) is 4.90 Å². The van der Waals surface area contributed by atoms with Crippen LogP contribution in [0.1, 0.15) is 47.0 Å². The number of nitrogens with zero attached hydrogens (tertiary/aromatic N) is 1. The molecule has 92 valence electrons. The Morgan fingerprint density at radius 2 is 2.12 bits per heavy atom. The molecule has 1 heterocycles. The van der Waals surface area contributed by atoms with E-state index >= 15 is 0 Å². The lowest BCUT2D eigenvalue weighted by atomic mass is 10.0. The van der Waals surface area contributed by atoms with Gasteiger partial charge in [-0.15, -0.1) is 0 Å². The maximum absolute atomic E-state index is 11.7. The first-order valence-electron chi connectivity index (χ1n) is 5.87. The van der Waals surface area contributed by atoms with Crippen LogP contribution in [0, 0.1) is 5.92 Å². The zero-order chi connectivity index (χ0) is 12.3. The Balaban J connectivity index is 2.55. The van der Waals surface area contributed by atoms with E-state index in [2.05, 4.69) is 6.92 Å². The van der Waals surface area contributed by atoms with Crippen LogP contribution in [0.25, 0.3) is 0 Å². The van der Waals surface area contributed by atoms with Gasteiger partial charge in [-0.25, -0.2) is 9.69 Å². The molecule has 0 aromatic heterocycles. The minimum Gasteiger partial charge on any atom is -0.443 e. The molecular weight excluding hydrogens is 206 g/mol. The molecule has 2 amide bonds. The van der Waals surface area contributed by atoms with Gasteiger partial charge in [0.15, 0.2) is 0 Å². The van der Waals surface area contributed by atoms with Gasteiger partial charge in [-0.2, -0.15) is 0 Å². The molecule has 0 aromatic carbocycles. The Labute approximate surface area is 96.9 Å². The zero-order valence-corrected chi connectivity index (χ0v) is 10.6. The standard InChI is InChI=1S/C12H21NO3/c1-5-6-9-7-10(14)13(8-9)11(15)16-12(2,3)4/h9H,5-8H2,1-4H3. The third kappa shape index (κ3) is 3.51. The molecule has 1 atom stereocenters. The van der Waals surface area contributed by atoms with Crippen molar-refractivity contribution in [1.82, 2.24) is 4.90 Å². The highest BCUT2D eigenvalue weighted by Gasteiger charge is 2.35. The van der Waals surface area contributed by atoms with Crippen molar-refractivity contribution in [2.75, 3.05) is 6.54 Å². The number of likely N-dealkylation sites (tertiary alicyclic amines) is 1. The first-order chi connectivity index (χ1) is 7.33. The van der Waals surface area contributed by atoms with Crippen LogP contribution >= 0.6 is 0 Å². The molecule has 0 aromatic rings. The van der Waals surface area contributed by atoms with Crippen molar-refractivity contribution < 1.29 is 14.3 Å². The SMILES string of the molecule is CCCC1CC(=O)N(C(=O)OC(C)(C)C)C1. The van der Waals surface area contributed by atoms with Gasteiger partial charge in [-0.05, 0) is 33.1 Å². The second-order valence-corrected chi connectivity index (χ2v) is 5.34. The highest BCUT2D eigenvalue weighted by Crippen LogP contribution is 2.23. The Kier molecular flexibility index (Phi) is 3.94. The fraction of sp³-hybridized carbons (Fsp3) is 0.833. The number of ether oxygens (including phenoxy) is 1. The number of hydrogen-bond acceptors (Lipinski definition) is 3. The van der Waals surface area contributed by atoms with E-state index in [0.29, 0.717) is 18.9 Å². The van der Waals surface area contributed by atoms with Crippen LogP contribution in [0.5, 0.6) is 0 Å². The molecule has 1 fully saturated rings. The van der Waals surface area contributed by atoms with Gasteiger partial charge in [-0.3, -0.25) is 4.79 Å². The molecule has 1 saturated heterocycles. The molecule has 0 spiro atoms. The highest BCUT2D eigenvalue weighted by atomic mass is 16.6.